The Labute approximate surface area is 177 Å². The molecule has 0 aliphatic rings. The number of hydrogen-bond acceptors (Lipinski definition) is 6. The molecule has 1 amide bonds. The number of para-hydroxylation sites is 2. The van der Waals surface area contributed by atoms with E-state index in [4.69, 9.17) is 14.2 Å². The number of ether oxygens (including phenoxy) is 3. The zero-order valence-corrected chi connectivity index (χ0v) is 17.3. The van der Waals surface area contributed by atoms with Gasteiger partial charge in [0.15, 0.2) is 18.1 Å². The quantitative estimate of drug-likeness (QED) is 0.293. The molecule has 0 radical (unpaired) electrons. The van der Waals surface area contributed by atoms with Crippen LogP contribution in [-0.2, 0) is 14.3 Å². The fraction of sp³-hybridized carbons (Fsp3) is 0.333. The van der Waals surface area contributed by atoms with Crippen molar-refractivity contribution in [3.8, 4) is 11.5 Å². The van der Waals surface area contributed by atoms with Gasteiger partial charge >= 0.3 is 5.97 Å². The molecule has 0 fully saturated rings. The van der Waals surface area contributed by atoms with Crippen molar-refractivity contribution < 1.29 is 32.6 Å². The van der Waals surface area contributed by atoms with Crippen molar-refractivity contribution in [2.75, 3.05) is 25.1 Å². The summed E-state index contributed by atoms with van der Waals surface area (Å²) in [5, 5.41) is 2.53. The lowest BCUT2D eigenvalue weighted by atomic mass is 10.3. The van der Waals surface area contributed by atoms with Gasteiger partial charge in [0.1, 0.15) is 0 Å². The summed E-state index contributed by atoms with van der Waals surface area (Å²) in [5.74, 6) is -2.30. The molecule has 0 spiro atoms. The number of carbonyl (C=O) groups excluding carboxylic acids is 2. The molecule has 0 atom stereocenters. The number of carbonyl (C=O) groups is 2. The molecule has 0 heterocycles. The maximum Gasteiger partial charge on any atom is 0.306 e. The number of rotatable bonds is 12. The van der Waals surface area contributed by atoms with Gasteiger partial charge < -0.3 is 19.5 Å². The first kappa shape index (κ1) is 23.5. The average molecular weight is 439 g/mol. The van der Waals surface area contributed by atoms with Crippen LogP contribution in [0.25, 0.3) is 0 Å². The average Bonchev–Trinajstić information content (AvgIpc) is 2.72. The smallest absolute Gasteiger partial charge is 0.306 e. The number of thioether (sulfide) groups is 1. The lowest BCUT2D eigenvalue weighted by Gasteiger charge is -2.11. The summed E-state index contributed by atoms with van der Waals surface area (Å²) in [5.41, 5.74) is 0.427. The monoisotopic (exact) mass is 439 g/mol. The van der Waals surface area contributed by atoms with E-state index in [2.05, 4.69) is 5.32 Å². The molecule has 30 heavy (non-hydrogen) atoms. The second kappa shape index (κ2) is 12.7. The van der Waals surface area contributed by atoms with Gasteiger partial charge in [0.2, 0.25) is 0 Å². The highest BCUT2D eigenvalue weighted by molar-refractivity contribution is 7.99. The number of anilines is 1. The van der Waals surface area contributed by atoms with Gasteiger partial charge in [-0.1, -0.05) is 23.9 Å². The van der Waals surface area contributed by atoms with Crippen LogP contribution < -0.4 is 14.8 Å². The van der Waals surface area contributed by atoms with Gasteiger partial charge in [-0.15, -0.1) is 0 Å². The maximum absolute atomic E-state index is 12.3. The number of esters is 1. The predicted molar refractivity (Wildman–Crippen MR) is 110 cm³/mol. The molecular formula is C21H23F2NO5S. The number of alkyl halides is 2. The van der Waals surface area contributed by atoms with Crippen molar-refractivity contribution >= 4 is 29.3 Å². The van der Waals surface area contributed by atoms with Crippen molar-refractivity contribution in [3.05, 3.63) is 48.5 Å². The van der Waals surface area contributed by atoms with E-state index < -0.39 is 24.2 Å². The zero-order chi connectivity index (χ0) is 21.8. The molecule has 0 aliphatic carbocycles. The van der Waals surface area contributed by atoms with Crippen LogP contribution in [0.4, 0.5) is 14.5 Å². The van der Waals surface area contributed by atoms with Gasteiger partial charge in [-0.25, -0.2) is 0 Å². The number of nitrogens with one attached hydrogen (secondary N) is 1. The molecular weight excluding hydrogens is 416 g/mol. The Morgan fingerprint density at radius 3 is 2.33 bits per heavy atom. The predicted octanol–water partition coefficient (Wildman–Crippen LogP) is 4.74. The number of amides is 1. The minimum absolute atomic E-state index is 0.101. The molecule has 0 aliphatic heterocycles. The Morgan fingerprint density at radius 1 is 1.03 bits per heavy atom. The van der Waals surface area contributed by atoms with E-state index in [1.54, 1.807) is 12.1 Å². The van der Waals surface area contributed by atoms with Crippen molar-refractivity contribution in [1.82, 2.24) is 0 Å². The topological polar surface area (TPSA) is 73.9 Å². The largest absolute Gasteiger partial charge is 0.490 e. The van der Waals surface area contributed by atoms with E-state index in [-0.39, 0.29) is 6.42 Å². The molecule has 6 nitrogen and oxygen atoms in total. The van der Waals surface area contributed by atoms with Gasteiger partial charge in [0, 0.05) is 17.0 Å². The first-order valence-electron chi connectivity index (χ1n) is 9.33. The Bertz CT molecular complexity index is 817. The maximum atomic E-state index is 12.3. The number of hydrogen-bond donors (Lipinski definition) is 1. The summed E-state index contributed by atoms with van der Waals surface area (Å²) < 4.78 is 40.6. The van der Waals surface area contributed by atoms with Gasteiger partial charge in [-0.05, 0) is 49.7 Å². The van der Waals surface area contributed by atoms with E-state index in [1.807, 2.05) is 19.1 Å². The first-order valence-corrected chi connectivity index (χ1v) is 10.2. The van der Waals surface area contributed by atoms with Crippen LogP contribution in [0.2, 0.25) is 0 Å². The highest BCUT2D eigenvalue weighted by Crippen LogP contribution is 2.27. The molecule has 0 bridgehead atoms. The van der Waals surface area contributed by atoms with E-state index in [0.717, 1.165) is 0 Å². The van der Waals surface area contributed by atoms with Gasteiger partial charge in [0.25, 0.3) is 11.7 Å². The van der Waals surface area contributed by atoms with Crippen molar-refractivity contribution in [1.29, 1.82) is 0 Å². The molecule has 9 heteroatoms. The van der Waals surface area contributed by atoms with Crippen molar-refractivity contribution in [3.63, 3.8) is 0 Å². The van der Waals surface area contributed by atoms with Crippen molar-refractivity contribution in [2.24, 2.45) is 0 Å². The zero-order valence-electron chi connectivity index (χ0n) is 16.4. The molecule has 1 N–H and O–H groups in total. The lowest BCUT2D eigenvalue weighted by Crippen LogP contribution is -2.21. The van der Waals surface area contributed by atoms with Crippen LogP contribution in [0, 0.1) is 0 Å². The summed E-state index contributed by atoms with van der Waals surface area (Å²) in [7, 11) is 0. The van der Waals surface area contributed by atoms with Gasteiger partial charge in [-0.2, -0.15) is 8.78 Å². The van der Waals surface area contributed by atoms with Crippen LogP contribution in [0.1, 0.15) is 19.8 Å². The number of halogens is 2. The minimum atomic E-state index is -2.50. The fourth-order valence-electron chi connectivity index (χ4n) is 2.38. The molecule has 0 saturated heterocycles. The Kier molecular flexibility index (Phi) is 9.93. The first-order chi connectivity index (χ1) is 14.5. The van der Waals surface area contributed by atoms with Crippen LogP contribution in [-0.4, -0.2) is 37.5 Å². The fourth-order valence-corrected chi connectivity index (χ4v) is 2.88. The van der Waals surface area contributed by atoms with E-state index in [0.29, 0.717) is 53.5 Å². The molecule has 2 aromatic carbocycles. The van der Waals surface area contributed by atoms with E-state index in [9.17, 15) is 18.4 Å². The molecule has 2 rings (SSSR count). The normalized spacial score (nSPS) is 10.5. The third-order valence-corrected chi connectivity index (χ3v) is 4.38. The second-order valence-electron chi connectivity index (χ2n) is 5.94. The van der Waals surface area contributed by atoms with Crippen molar-refractivity contribution in [2.45, 2.75) is 30.4 Å². The third kappa shape index (κ3) is 8.69. The third-order valence-electron chi connectivity index (χ3n) is 3.66. The highest BCUT2D eigenvalue weighted by Gasteiger charge is 2.10. The standard InChI is InChI=1S/C21H23F2NO5S/c1-2-27-17-6-3-4-7-18(17)28-13-5-8-20(26)29-14-19(25)24-15-9-11-16(12-10-15)30-21(22)23/h3-4,6-7,9-12,21H,2,5,8,13-14H2,1H3,(H,24,25). The molecule has 162 valence electrons. The van der Waals surface area contributed by atoms with Crippen LogP contribution in [0.5, 0.6) is 11.5 Å². The SMILES string of the molecule is CCOc1ccccc1OCCCC(=O)OCC(=O)Nc1ccc(SC(F)F)cc1. The minimum Gasteiger partial charge on any atom is -0.490 e. The summed E-state index contributed by atoms with van der Waals surface area (Å²) >= 11 is 0.419. The van der Waals surface area contributed by atoms with Gasteiger partial charge in [-0.3, -0.25) is 9.59 Å². The lowest BCUT2D eigenvalue weighted by molar-refractivity contribution is -0.147. The molecule has 0 aromatic heterocycles. The van der Waals surface area contributed by atoms with E-state index in [1.165, 1.54) is 24.3 Å². The number of benzene rings is 2. The van der Waals surface area contributed by atoms with E-state index >= 15 is 0 Å². The Hall–Kier alpha value is -2.81. The van der Waals surface area contributed by atoms with Gasteiger partial charge in [0.05, 0.1) is 13.2 Å². The summed E-state index contributed by atoms with van der Waals surface area (Å²) in [6.45, 7) is 2.27. The summed E-state index contributed by atoms with van der Waals surface area (Å²) in [6, 6.07) is 13.2. The molecule has 0 saturated carbocycles. The summed E-state index contributed by atoms with van der Waals surface area (Å²) in [4.78, 5) is 24.0. The second-order valence-corrected chi connectivity index (χ2v) is 7.01. The van der Waals surface area contributed by atoms with Crippen LogP contribution in [0.3, 0.4) is 0 Å². The Morgan fingerprint density at radius 2 is 1.70 bits per heavy atom. The highest BCUT2D eigenvalue weighted by atomic mass is 32.2. The molecule has 2 aromatic rings. The van der Waals surface area contributed by atoms with Crippen LogP contribution >= 0.6 is 11.8 Å². The molecule has 0 unspecified atom stereocenters. The van der Waals surface area contributed by atoms with Crippen LogP contribution in [0.15, 0.2) is 53.4 Å². The summed E-state index contributed by atoms with van der Waals surface area (Å²) in [6.07, 6.45) is 0.522. The Balaban J connectivity index is 1.64.